The zero-order valence-electron chi connectivity index (χ0n) is 18.2. The molecule has 2 aliphatic heterocycles. The van der Waals surface area contributed by atoms with Gasteiger partial charge in [0.25, 0.3) is 0 Å². The van der Waals surface area contributed by atoms with Crippen molar-refractivity contribution in [2.24, 2.45) is 0 Å². The van der Waals surface area contributed by atoms with Gasteiger partial charge in [0.05, 0.1) is 0 Å². The van der Waals surface area contributed by atoms with Crippen LogP contribution >= 0.6 is 0 Å². The van der Waals surface area contributed by atoms with E-state index in [0.717, 1.165) is 0 Å². The number of halogens is 2. The van der Waals surface area contributed by atoms with Crippen molar-refractivity contribution in [3.63, 3.8) is 0 Å². The number of imide groups is 1. The van der Waals surface area contributed by atoms with Gasteiger partial charge in [-0.3, -0.25) is 14.9 Å². The molecule has 0 spiro atoms. The lowest BCUT2D eigenvalue weighted by Crippen LogP contribution is -2.51. The number of hydrogen-bond acceptors (Lipinski definition) is 6. The molecule has 170 valence electrons. The molecule has 0 aliphatic carbocycles. The summed E-state index contributed by atoms with van der Waals surface area (Å²) in [6, 6.07) is 1.68. The zero-order valence-corrected chi connectivity index (χ0v) is 18.2. The van der Waals surface area contributed by atoms with Crippen LogP contribution in [0.1, 0.15) is 33.6 Å². The topological polar surface area (TPSA) is 82.2 Å². The summed E-state index contributed by atoms with van der Waals surface area (Å²) in [5.41, 5.74) is -0.568. The van der Waals surface area contributed by atoms with E-state index in [1.54, 1.807) is 32.7 Å². The van der Waals surface area contributed by atoms with Gasteiger partial charge in [-0.1, -0.05) is 0 Å². The maximum absolute atomic E-state index is 14.9. The largest absolute Gasteiger partial charge is 0.444 e. The van der Waals surface area contributed by atoms with Crippen molar-refractivity contribution in [3.05, 3.63) is 23.8 Å². The second-order valence-electron chi connectivity index (χ2n) is 8.79. The SMILES string of the molecule is CN(c1cc(F)c(N2CCN(C(=O)OC(C)(C)C)CC2)c(F)c1)C1CCC(=O)NC1=O. The molecule has 1 N–H and O–H groups in total. The highest BCUT2D eigenvalue weighted by Gasteiger charge is 2.32. The molecule has 2 heterocycles. The summed E-state index contributed by atoms with van der Waals surface area (Å²) in [6.45, 7) is 6.42. The summed E-state index contributed by atoms with van der Waals surface area (Å²) >= 11 is 0. The number of ether oxygens (including phenoxy) is 1. The fourth-order valence-corrected chi connectivity index (χ4v) is 3.73. The number of anilines is 2. The molecule has 2 fully saturated rings. The second-order valence-corrected chi connectivity index (χ2v) is 8.79. The number of nitrogens with zero attached hydrogens (tertiary/aromatic N) is 3. The smallest absolute Gasteiger partial charge is 0.410 e. The summed E-state index contributed by atoms with van der Waals surface area (Å²) in [4.78, 5) is 40.1. The summed E-state index contributed by atoms with van der Waals surface area (Å²) in [5, 5.41) is 2.24. The third-order valence-corrected chi connectivity index (χ3v) is 5.33. The number of nitrogens with one attached hydrogen (secondary N) is 1. The lowest BCUT2D eigenvalue weighted by atomic mass is 10.0. The normalized spacial score (nSPS) is 19.9. The van der Waals surface area contributed by atoms with Crippen LogP contribution in [-0.2, 0) is 14.3 Å². The molecule has 0 saturated carbocycles. The molecule has 1 atom stereocenters. The Labute approximate surface area is 180 Å². The first-order valence-corrected chi connectivity index (χ1v) is 10.2. The molecule has 1 aromatic carbocycles. The van der Waals surface area contributed by atoms with E-state index in [4.69, 9.17) is 4.74 Å². The van der Waals surface area contributed by atoms with Gasteiger partial charge in [-0.2, -0.15) is 0 Å². The Morgan fingerprint density at radius 2 is 1.71 bits per heavy atom. The first kappa shape index (κ1) is 22.8. The zero-order chi connectivity index (χ0) is 22.9. The van der Waals surface area contributed by atoms with Crippen LogP contribution in [0.5, 0.6) is 0 Å². The maximum atomic E-state index is 14.9. The quantitative estimate of drug-likeness (QED) is 0.730. The first-order chi connectivity index (χ1) is 14.5. The number of hydrogen-bond donors (Lipinski definition) is 1. The van der Waals surface area contributed by atoms with E-state index in [0.29, 0.717) is 0 Å². The van der Waals surface area contributed by atoms with Crippen LogP contribution in [0, 0.1) is 11.6 Å². The highest BCUT2D eigenvalue weighted by atomic mass is 19.1. The van der Waals surface area contributed by atoms with Gasteiger partial charge in [-0.05, 0) is 39.3 Å². The predicted molar refractivity (Wildman–Crippen MR) is 111 cm³/mol. The average Bonchev–Trinajstić information content (AvgIpc) is 2.66. The van der Waals surface area contributed by atoms with Crippen LogP contribution in [0.15, 0.2) is 12.1 Å². The summed E-state index contributed by atoms with van der Waals surface area (Å²) in [6.07, 6.45) is -0.000805. The molecule has 2 saturated heterocycles. The number of piperazine rings is 1. The van der Waals surface area contributed by atoms with Gasteiger partial charge in [0.2, 0.25) is 11.8 Å². The van der Waals surface area contributed by atoms with E-state index in [-0.39, 0.29) is 56.3 Å². The molecule has 2 aliphatic rings. The van der Waals surface area contributed by atoms with Crippen LogP contribution in [0.3, 0.4) is 0 Å². The lowest BCUT2D eigenvalue weighted by molar-refractivity contribution is -0.134. The number of carbonyl (C=O) groups excluding carboxylic acids is 3. The van der Waals surface area contributed by atoms with Crippen molar-refractivity contribution in [2.75, 3.05) is 43.0 Å². The highest BCUT2D eigenvalue weighted by molar-refractivity contribution is 6.01. The van der Waals surface area contributed by atoms with Crippen molar-refractivity contribution in [1.82, 2.24) is 10.2 Å². The van der Waals surface area contributed by atoms with Crippen molar-refractivity contribution < 1.29 is 27.9 Å². The van der Waals surface area contributed by atoms with Crippen molar-refractivity contribution in [1.29, 1.82) is 0 Å². The molecular formula is C21H28F2N4O4. The monoisotopic (exact) mass is 438 g/mol. The van der Waals surface area contributed by atoms with E-state index in [1.807, 2.05) is 0 Å². The minimum atomic E-state index is -0.750. The van der Waals surface area contributed by atoms with Gasteiger partial charge in [0.1, 0.15) is 17.3 Å². The van der Waals surface area contributed by atoms with Crippen molar-refractivity contribution in [2.45, 2.75) is 45.3 Å². The number of benzene rings is 1. The van der Waals surface area contributed by atoms with E-state index in [2.05, 4.69) is 5.32 Å². The minimum absolute atomic E-state index is 0.163. The van der Waals surface area contributed by atoms with Crippen LogP contribution in [-0.4, -0.2) is 67.7 Å². The second kappa shape index (κ2) is 8.68. The molecule has 31 heavy (non-hydrogen) atoms. The Kier molecular flexibility index (Phi) is 6.38. The third kappa shape index (κ3) is 5.23. The van der Waals surface area contributed by atoms with Crippen LogP contribution < -0.4 is 15.1 Å². The Morgan fingerprint density at radius 1 is 1.13 bits per heavy atom. The van der Waals surface area contributed by atoms with Gasteiger partial charge in [-0.15, -0.1) is 0 Å². The molecule has 8 nitrogen and oxygen atoms in total. The molecule has 10 heteroatoms. The Bertz CT molecular complexity index is 856. The standard InChI is InChI=1S/C21H28F2N4O4/c1-21(2,3)31-20(30)27-9-7-26(8-10-27)18-14(22)11-13(12-15(18)23)25(4)16-5-6-17(28)24-19(16)29/h11-12,16H,5-10H2,1-4H3,(H,24,28,29). The summed E-state index contributed by atoms with van der Waals surface area (Å²) in [7, 11) is 1.56. The van der Waals surface area contributed by atoms with Gasteiger partial charge in [0.15, 0.2) is 11.6 Å². The highest BCUT2D eigenvalue weighted by Crippen LogP contribution is 2.31. The predicted octanol–water partition coefficient (Wildman–Crippen LogP) is 2.26. The summed E-state index contributed by atoms with van der Waals surface area (Å²) < 4.78 is 35.1. The van der Waals surface area contributed by atoms with Crippen LogP contribution in [0.2, 0.25) is 0 Å². The number of rotatable bonds is 3. The van der Waals surface area contributed by atoms with Gasteiger partial charge in [-0.25, -0.2) is 13.6 Å². The fraction of sp³-hybridized carbons (Fsp3) is 0.571. The molecular weight excluding hydrogens is 410 g/mol. The van der Waals surface area contributed by atoms with Gasteiger partial charge >= 0.3 is 6.09 Å². The third-order valence-electron chi connectivity index (χ3n) is 5.33. The van der Waals surface area contributed by atoms with E-state index >= 15 is 0 Å². The van der Waals surface area contributed by atoms with E-state index in [9.17, 15) is 23.2 Å². The van der Waals surface area contributed by atoms with Crippen LogP contribution in [0.25, 0.3) is 0 Å². The molecule has 0 bridgehead atoms. The Balaban J connectivity index is 1.69. The van der Waals surface area contributed by atoms with Crippen molar-refractivity contribution >= 4 is 29.3 Å². The molecule has 0 radical (unpaired) electrons. The average molecular weight is 438 g/mol. The van der Waals surface area contributed by atoms with Crippen molar-refractivity contribution in [3.8, 4) is 0 Å². The maximum Gasteiger partial charge on any atom is 0.410 e. The van der Waals surface area contributed by atoms with E-state index in [1.165, 1.54) is 21.9 Å². The molecule has 1 aromatic rings. The lowest BCUT2D eigenvalue weighted by Gasteiger charge is -2.37. The van der Waals surface area contributed by atoms with Crippen LogP contribution in [0.4, 0.5) is 25.0 Å². The Morgan fingerprint density at radius 3 is 2.23 bits per heavy atom. The number of piperidine rings is 1. The first-order valence-electron chi connectivity index (χ1n) is 10.2. The number of likely N-dealkylation sites (N-methyl/N-ethyl adjacent to an activating group) is 1. The number of amides is 3. The minimum Gasteiger partial charge on any atom is -0.444 e. The molecule has 0 aromatic heterocycles. The van der Waals surface area contributed by atoms with Gasteiger partial charge < -0.3 is 19.4 Å². The molecule has 1 unspecified atom stereocenters. The van der Waals surface area contributed by atoms with E-state index < -0.39 is 35.3 Å². The number of carbonyl (C=O) groups is 3. The molecule has 3 rings (SSSR count). The Hall–Kier alpha value is -2.91. The summed E-state index contributed by atoms with van der Waals surface area (Å²) in [5.74, 6) is -2.34. The van der Waals surface area contributed by atoms with Gasteiger partial charge in [0, 0.05) is 45.3 Å². The molecule has 3 amide bonds. The fourth-order valence-electron chi connectivity index (χ4n) is 3.73.